The van der Waals surface area contributed by atoms with E-state index < -0.39 is 15.9 Å². The van der Waals surface area contributed by atoms with Crippen LogP contribution in [0.5, 0.6) is 17.2 Å². The van der Waals surface area contributed by atoms with Gasteiger partial charge in [0.05, 0.1) is 46.0 Å². The number of hydrogen-bond acceptors (Lipinski definition) is 7. The van der Waals surface area contributed by atoms with Crippen LogP contribution >= 0.6 is 0 Å². The molecule has 0 aliphatic carbocycles. The van der Waals surface area contributed by atoms with Crippen LogP contribution in [0.1, 0.15) is 21.5 Å². The first-order chi connectivity index (χ1) is 16.8. The Morgan fingerprint density at radius 1 is 0.943 bits per heavy atom. The molecule has 3 rings (SSSR count). The molecule has 1 amide bonds. The van der Waals surface area contributed by atoms with Gasteiger partial charge in [-0.2, -0.15) is 5.10 Å². The monoisotopic (exact) mass is 497 g/mol. The van der Waals surface area contributed by atoms with E-state index in [1.807, 2.05) is 6.07 Å². The fourth-order valence-electron chi connectivity index (χ4n) is 3.33. The number of rotatable bonds is 10. The Morgan fingerprint density at radius 2 is 1.54 bits per heavy atom. The van der Waals surface area contributed by atoms with Crippen LogP contribution in [0.4, 0.5) is 5.69 Å². The zero-order valence-corrected chi connectivity index (χ0v) is 20.7. The topological polar surface area (TPSA) is 107 Å². The summed E-state index contributed by atoms with van der Waals surface area (Å²) in [5.41, 5.74) is 4.79. The number of benzene rings is 3. The molecule has 0 heterocycles. The number of hydrazone groups is 1. The summed E-state index contributed by atoms with van der Waals surface area (Å²) in [6.07, 6.45) is 2.62. The first kappa shape index (κ1) is 25.6. The van der Waals surface area contributed by atoms with E-state index >= 15 is 0 Å². The van der Waals surface area contributed by atoms with Gasteiger partial charge in [-0.15, -0.1) is 0 Å². The number of methoxy groups -OCH3 is 3. The summed E-state index contributed by atoms with van der Waals surface area (Å²) >= 11 is 0. The van der Waals surface area contributed by atoms with E-state index in [4.69, 9.17) is 14.2 Å². The first-order valence-electron chi connectivity index (χ1n) is 10.5. The Kier molecular flexibility index (Phi) is 8.32. The summed E-state index contributed by atoms with van der Waals surface area (Å²) in [6, 6.07) is 18.9. The quantitative estimate of drug-likeness (QED) is 0.340. The highest BCUT2D eigenvalue weighted by atomic mass is 32.2. The zero-order chi connectivity index (χ0) is 25.4. The molecular weight excluding hydrogens is 470 g/mol. The highest BCUT2D eigenvalue weighted by molar-refractivity contribution is 7.92. The van der Waals surface area contributed by atoms with Crippen LogP contribution in [-0.2, 0) is 16.6 Å². The molecule has 0 saturated heterocycles. The molecule has 0 aliphatic heterocycles. The lowest BCUT2D eigenvalue weighted by Gasteiger charge is -2.22. The average Bonchev–Trinajstić information content (AvgIpc) is 2.86. The second kappa shape index (κ2) is 11.4. The lowest BCUT2D eigenvalue weighted by molar-refractivity contribution is 0.0955. The third-order valence-electron chi connectivity index (χ3n) is 5.05. The van der Waals surface area contributed by atoms with Crippen molar-refractivity contribution in [3.63, 3.8) is 0 Å². The molecule has 0 fully saturated rings. The zero-order valence-electron chi connectivity index (χ0n) is 19.9. The summed E-state index contributed by atoms with van der Waals surface area (Å²) in [5.74, 6) is 0.976. The summed E-state index contributed by atoms with van der Waals surface area (Å²) in [6.45, 7) is 0.143. The van der Waals surface area contributed by atoms with Gasteiger partial charge in [-0.1, -0.05) is 30.3 Å². The van der Waals surface area contributed by atoms with Gasteiger partial charge in [-0.05, 0) is 42.0 Å². The summed E-state index contributed by atoms with van der Waals surface area (Å²) in [4.78, 5) is 12.5. The fraction of sp³-hybridized carbons (Fsp3) is 0.200. The van der Waals surface area contributed by atoms with Gasteiger partial charge in [0, 0.05) is 11.1 Å². The SMILES string of the molecule is COc1cc(/C=N\NC(=O)c2ccc(CN(c3ccccc3)S(C)(=O)=O)cc2)cc(OC)c1OC. The minimum atomic E-state index is -3.49. The number of nitrogens with zero attached hydrogens (tertiary/aromatic N) is 2. The Balaban J connectivity index is 1.69. The molecule has 0 spiro atoms. The highest BCUT2D eigenvalue weighted by Gasteiger charge is 2.18. The third-order valence-corrected chi connectivity index (χ3v) is 6.19. The molecule has 0 aliphatic rings. The van der Waals surface area contributed by atoms with E-state index in [1.165, 1.54) is 31.8 Å². The third kappa shape index (κ3) is 6.51. The highest BCUT2D eigenvalue weighted by Crippen LogP contribution is 2.37. The Labute approximate surface area is 205 Å². The van der Waals surface area contributed by atoms with Crippen LogP contribution in [0.3, 0.4) is 0 Å². The van der Waals surface area contributed by atoms with Crippen LogP contribution in [0.25, 0.3) is 0 Å². The van der Waals surface area contributed by atoms with Crippen molar-refractivity contribution in [3.05, 3.63) is 83.4 Å². The lowest BCUT2D eigenvalue weighted by Crippen LogP contribution is -2.29. The van der Waals surface area contributed by atoms with E-state index in [0.29, 0.717) is 34.1 Å². The molecule has 0 aromatic heterocycles. The number of hydrogen-bond donors (Lipinski definition) is 1. The van der Waals surface area contributed by atoms with Crippen molar-refractivity contribution >= 4 is 27.8 Å². The van der Waals surface area contributed by atoms with Crippen molar-refractivity contribution in [2.45, 2.75) is 6.54 Å². The van der Waals surface area contributed by atoms with Gasteiger partial charge in [-0.3, -0.25) is 9.10 Å². The molecule has 1 N–H and O–H groups in total. The molecular formula is C25H27N3O6S. The van der Waals surface area contributed by atoms with Gasteiger partial charge in [0.25, 0.3) is 5.91 Å². The molecule has 9 nitrogen and oxygen atoms in total. The Bertz CT molecular complexity index is 1270. The number of carbonyl (C=O) groups is 1. The number of amides is 1. The molecule has 0 unspecified atom stereocenters. The van der Waals surface area contributed by atoms with Crippen molar-refractivity contribution in [2.75, 3.05) is 31.9 Å². The maximum absolute atomic E-state index is 12.5. The largest absolute Gasteiger partial charge is 0.493 e. The molecule has 184 valence electrons. The standard InChI is InChI=1S/C25H27N3O6S/c1-32-22-14-19(15-23(33-2)24(22)34-3)16-26-27-25(29)20-12-10-18(11-13-20)17-28(35(4,30)31)21-8-6-5-7-9-21/h5-16H,17H2,1-4H3,(H,27,29)/b26-16-. The van der Waals surface area contributed by atoms with Gasteiger partial charge < -0.3 is 14.2 Å². The number of carbonyl (C=O) groups excluding carboxylic acids is 1. The van der Waals surface area contributed by atoms with Crippen molar-refractivity contribution < 1.29 is 27.4 Å². The molecule has 10 heteroatoms. The van der Waals surface area contributed by atoms with Gasteiger partial charge >= 0.3 is 0 Å². The van der Waals surface area contributed by atoms with E-state index in [9.17, 15) is 13.2 Å². The number of para-hydroxylation sites is 1. The predicted molar refractivity (Wildman–Crippen MR) is 135 cm³/mol. The van der Waals surface area contributed by atoms with Crippen molar-refractivity contribution in [1.29, 1.82) is 0 Å². The average molecular weight is 498 g/mol. The molecule has 0 atom stereocenters. The Morgan fingerprint density at radius 3 is 2.06 bits per heavy atom. The number of sulfonamides is 1. The summed E-state index contributed by atoms with van der Waals surface area (Å²) in [7, 11) is 1.05. The first-order valence-corrected chi connectivity index (χ1v) is 12.4. The maximum Gasteiger partial charge on any atom is 0.271 e. The van der Waals surface area contributed by atoms with Gasteiger partial charge in [0.15, 0.2) is 11.5 Å². The molecule has 0 bridgehead atoms. The predicted octanol–water partition coefficient (Wildman–Crippen LogP) is 3.44. The summed E-state index contributed by atoms with van der Waals surface area (Å²) < 4.78 is 41.8. The van der Waals surface area contributed by atoms with E-state index in [0.717, 1.165) is 11.8 Å². The summed E-state index contributed by atoms with van der Waals surface area (Å²) in [5, 5.41) is 4.00. The maximum atomic E-state index is 12.5. The molecule has 0 saturated carbocycles. The van der Waals surface area contributed by atoms with Crippen molar-refractivity contribution in [2.24, 2.45) is 5.10 Å². The van der Waals surface area contributed by atoms with Crippen LogP contribution in [0.15, 0.2) is 71.8 Å². The van der Waals surface area contributed by atoms with E-state index in [2.05, 4.69) is 10.5 Å². The van der Waals surface area contributed by atoms with Crippen LogP contribution in [0, 0.1) is 0 Å². The minimum Gasteiger partial charge on any atom is -0.493 e. The lowest BCUT2D eigenvalue weighted by atomic mass is 10.1. The Hall–Kier alpha value is -4.05. The van der Waals surface area contributed by atoms with E-state index in [1.54, 1.807) is 60.7 Å². The molecule has 3 aromatic carbocycles. The second-order valence-corrected chi connectivity index (χ2v) is 9.37. The molecule has 3 aromatic rings. The van der Waals surface area contributed by atoms with Crippen LogP contribution < -0.4 is 23.9 Å². The normalized spacial score (nSPS) is 11.2. The number of anilines is 1. The van der Waals surface area contributed by atoms with Crippen molar-refractivity contribution in [3.8, 4) is 17.2 Å². The second-order valence-electron chi connectivity index (χ2n) is 7.46. The molecule has 35 heavy (non-hydrogen) atoms. The van der Waals surface area contributed by atoms with E-state index in [-0.39, 0.29) is 6.54 Å². The van der Waals surface area contributed by atoms with Gasteiger partial charge in [-0.25, -0.2) is 13.8 Å². The fourth-order valence-corrected chi connectivity index (χ4v) is 4.22. The van der Waals surface area contributed by atoms with Crippen LogP contribution in [0.2, 0.25) is 0 Å². The number of nitrogens with one attached hydrogen (secondary N) is 1. The molecule has 0 radical (unpaired) electrons. The van der Waals surface area contributed by atoms with Gasteiger partial charge in [0.2, 0.25) is 15.8 Å². The minimum absolute atomic E-state index is 0.143. The van der Waals surface area contributed by atoms with Gasteiger partial charge in [0.1, 0.15) is 0 Å². The van der Waals surface area contributed by atoms with Crippen LogP contribution in [-0.4, -0.2) is 48.1 Å². The number of ether oxygens (including phenoxy) is 3. The smallest absolute Gasteiger partial charge is 0.271 e. The van der Waals surface area contributed by atoms with Crippen molar-refractivity contribution in [1.82, 2.24) is 5.43 Å².